The van der Waals surface area contributed by atoms with Gasteiger partial charge in [0.2, 0.25) is 0 Å². The van der Waals surface area contributed by atoms with Crippen molar-refractivity contribution in [1.29, 1.82) is 0 Å². The van der Waals surface area contributed by atoms with Gasteiger partial charge in [-0.2, -0.15) is 0 Å². The monoisotopic (exact) mass is 211 g/mol. The van der Waals surface area contributed by atoms with Gasteiger partial charge < -0.3 is 20.3 Å². The molecule has 0 fully saturated rings. The van der Waals surface area contributed by atoms with Crippen LogP contribution >= 0.6 is 0 Å². The predicted octanol–water partition coefficient (Wildman–Crippen LogP) is 1.21. The first kappa shape index (κ1) is 11.2. The van der Waals surface area contributed by atoms with Gasteiger partial charge in [0, 0.05) is 6.54 Å². The number of carbonyl (C=O) groups is 1. The number of aromatic hydroxyl groups is 1. The molecular formula is C10H13NO4. The molecule has 0 aliphatic rings. The molecule has 0 atom stereocenters. The number of methoxy groups -OCH3 is 1. The van der Waals surface area contributed by atoms with Gasteiger partial charge in [-0.3, -0.25) is 0 Å². The van der Waals surface area contributed by atoms with E-state index in [1.165, 1.54) is 13.2 Å². The Balaban J connectivity index is 2.58. The Hall–Kier alpha value is -1.91. The molecule has 1 amide bonds. The predicted molar refractivity (Wildman–Crippen MR) is 54.4 cm³/mol. The minimum absolute atomic E-state index is 0.0763. The number of phenols is 1. The smallest absolute Gasteiger partial charge is 0.404 e. The molecule has 0 saturated carbocycles. The van der Waals surface area contributed by atoms with Gasteiger partial charge in [0.25, 0.3) is 0 Å². The van der Waals surface area contributed by atoms with Crippen molar-refractivity contribution in [2.45, 2.75) is 6.42 Å². The number of rotatable bonds is 4. The molecule has 1 rings (SSSR count). The molecule has 0 bridgehead atoms. The fourth-order valence-electron chi connectivity index (χ4n) is 1.19. The van der Waals surface area contributed by atoms with Gasteiger partial charge in [-0.25, -0.2) is 4.79 Å². The third kappa shape index (κ3) is 3.38. The van der Waals surface area contributed by atoms with Crippen molar-refractivity contribution in [3.8, 4) is 11.5 Å². The van der Waals surface area contributed by atoms with Gasteiger partial charge in [0.15, 0.2) is 11.5 Å². The van der Waals surface area contributed by atoms with E-state index in [0.717, 1.165) is 5.56 Å². The summed E-state index contributed by atoms with van der Waals surface area (Å²) in [6, 6.07) is 4.93. The second-order valence-corrected chi connectivity index (χ2v) is 2.99. The SMILES string of the molecule is COc1cc(CCNC(=O)O)ccc1O. The van der Waals surface area contributed by atoms with Crippen molar-refractivity contribution >= 4 is 6.09 Å². The lowest BCUT2D eigenvalue weighted by Gasteiger charge is -2.06. The standard InChI is InChI=1S/C10H13NO4/c1-15-9-6-7(2-3-8(9)12)4-5-11-10(13)14/h2-3,6,11-12H,4-5H2,1H3,(H,13,14). The van der Waals surface area contributed by atoms with Gasteiger partial charge >= 0.3 is 6.09 Å². The van der Waals surface area contributed by atoms with Crippen LogP contribution in [-0.2, 0) is 6.42 Å². The van der Waals surface area contributed by atoms with Crippen molar-refractivity contribution in [1.82, 2.24) is 5.32 Å². The molecule has 0 unspecified atom stereocenters. The van der Waals surface area contributed by atoms with Crippen LogP contribution in [0.4, 0.5) is 4.79 Å². The quantitative estimate of drug-likeness (QED) is 0.699. The first-order valence-electron chi connectivity index (χ1n) is 4.46. The van der Waals surface area contributed by atoms with Crippen molar-refractivity contribution in [2.24, 2.45) is 0 Å². The molecule has 0 aliphatic carbocycles. The molecule has 0 heterocycles. The van der Waals surface area contributed by atoms with Gasteiger partial charge in [-0.15, -0.1) is 0 Å². The Morgan fingerprint density at radius 2 is 2.27 bits per heavy atom. The zero-order chi connectivity index (χ0) is 11.3. The van der Waals surface area contributed by atoms with Crippen LogP contribution in [0.5, 0.6) is 11.5 Å². The number of benzene rings is 1. The Bertz CT molecular complexity index is 351. The van der Waals surface area contributed by atoms with Crippen LogP contribution < -0.4 is 10.1 Å². The topological polar surface area (TPSA) is 78.8 Å². The maximum absolute atomic E-state index is 10.2. The zero-order valence-corrected chi connectivity index (χ0v) is 8.36. The molecule has 1 aromatic rings. The molecule has 5 nitrogen and oxygen atoms in total. The van der Waals surface area contributed by atoms with Gasteiger partial charge in [-0.1, -0.05) is 6.07 Å². The van der Waals surface area contributed by atoms with Crippen LogP contribution in [0.3, 0.4) is 0 Å². The maximum atomic E-state index is 10.2. The van der Waals surface area contributed by atoms with E-state index in [9.17, 15) is 9.90 Å². The van der Waals surface area contributed by atoms with Crippen LogP contribution in [-0.4, -0.2) is 30.0 Å². The lowest BCUT2D eigenvalue weighted by molar-refractivity contribution is 0.194. The molecule has 5 heteroatoms. The number of carboxylic acid groups (broad SMARTS) is 1. The molecule has 82 valence electrons. The van der Waals surface area contributed by atoms with Crippen LogP contribution in [0.25, 0.3) is 0 Å². The number of ether oxygens (including phenoxy) is 1. The summed E-state index contributed by atoms with van der Waals surface area (Å²) in [6.45, 7) is 0.337. The average molecular weight is 211 g/mol. The molecule has 0 aliphatic heterocycles. The maximum Gasteiger partial charge on any atom is 0.404 e. The van der Waals surface area contributed by atoms with E-state index in [-0.39, 0.29) is 5.75 Å². The summed E-state index contributed by atoms with van der Waals surface area (Å²) in [7, 11) is 1.47. The highest BCUT2D eigenvalue weighted by Crippen LogP contribution is 2.26. The Morgan fingerprint density at radius 1 is 1.53 bits per heavy atom. The summed E-state index contributed by atoms with van der Waals surface area (Å²) in [5, 5.41) is 19.9. The molecule has 0 spiro atoms. The van der Waals surface area contributed by atoms with Crippen LogP contribution in [0, 0.1) is 0 Å². The van der Waals surface area contributed by atoms with Gasteiger partial charge in [0.05, 0.1) is 7.11 Å². The molecule has 3 N–H and O–H groups in total. The molecule has 15 heavy (non-hydrogen) atoms. The second-order valence-electron chi connectivity index (χ2n) is 2.99. The summed E-state index contributed by atoms with van der Waals surface area (Å²) in [5.41, 5.74) is 0.901. The average Bonchev–Trinajstić information content (AvgIpc) is 2.20. The molecule has 0 aromatic heterocycles. The van der Waals surface area contributed by atoms with Crippen LogP contribution in [0.1, 0.15) is 5.56 Å². The summed E-state index contributed by atoms with van der Waals surface area (Å²) >= 11 is 0. The third-order valence-corrected chi connectivity index (χ3v) is 1.93. The summed E-state index contributed by atoms with van der Waals surface area (Å²) in [5.74, 6) is 0.468. The first-order chi connectivity index (χ1) is 7.13. The van der Waals surface area contributed by atoms with E-state index < -0.39 is 6.09 Å². The normalized spacial score (nSPS) is 9.67. The lowest BCUT2D eigenvalue weighted by atomic mass is 10.1. The molecular weight excluding hydrogens is 198 g/mol. The number of hydrogen-bond acceptors (Lipinski definition) is 3. The second kappa shape index (κ2) is 5.09. The van der Waals surface area contributed by atoms with E-state index in [1.807, 2.05) is 0 Å². The highest BCUT2D eigenvalue weighted by Gasteiger charge is 2.02. The minimum atomic E-state index is -1.04. The molecule has 1 aromatic carbocycles. The van der Waals surface area contributed by atoms with Crippen molar-refractivity contribution in [3.05, 3.63) is 23.8 Å². The summed E-state index contributed by atoms with van der Waals surface area (Å²) in [6.07, 6.45) is -0.483. The first-order valence-corrected chi connectivity index (χ1v) is 4.46. The van der Waals surface area contributed by atoms with Crippen molar-refractivity contribution in [2.75, 3.05) is 13.7 Å². The Labute approximate surface area is 87.3 Å². The van der Waals surface area contributed by atoms with Crippen LogP contribution in [0.15, 0.2) is 18.2 Å². The summed E-state index contributed by atoms with van der Waals surface area (Å²) < 4.78 is 4.93. The van der Waals surface area contributed by atoms with Crippen molar-refractivity contribution in [3.63, 3.8) is 0 Å². The largest absolute Gasteiger partial charge is 0.504 e. The number of nitrogens with one attached hydrogen (secondary N) is 1. The van der Waals surface area contributed by atoms with E-state index in [2.05, 4.69) is 5.32 Å². The Kier molecular flexibility index (Phi) is 3.79. The third-order valence-electron chi connectivity index (χ3n) is 1.93. The van der Waals surface area contributed by atoms with Gasteiger partial charge in [-0.05, 0) is 24.1 Å². The van der Waals surface area contributed by atoms with E-state index >= 15 is 0 Å². The fourth-order valence-corrected chi connectivity index (χ4v) is 1.19. The van der Waals surface area contributed by atoms with E-state index in [1.54, 1.807) is 12.1 Å². The Morgan fingerprint density at radius 3 is 2.87 bits per heavy atom. The zero-order valence-electron chi connectivity index (χ0n) is 8.36. The van der Waals surface area contributed by atoms with E-state index in [0.29, 0.717) is 18.7 Å². The fraction of sp³-hybridized carbons (Fsp3) is 0.300. The lowest BCUT2D eigenvalue weighted by Crippen LogP contribution is -2.23. The summed E-state index contributed by atoms with van der Waals surface area (Å²) in [4.78, 5) is 10.2. The number of amides is 1. The number of hydrogen-bond donors (Lipinski definition) is 3. The molecule has 0 saturated heterocycles. The van der Waals surface area contributed by atoms with E-state index in [4.69, 9.17) is 9.84 Å². The van der Waals surface area contributed by atoms with Crippen molar-refractivity contribution < 1.29 is 19.7 Å². The minimum Gasteiger partial charge on any atom is -0.504 e. The van der Waals surface area contributed by atoms with Crippen LogP contribution in [0.2, 0.25) is 0 Å². The van der Waals surface area contributed by atoms with Gasteiger partial charge in [0.1, 0.15) is 0 Å². The molecule has 0 radical (unpaired) electrons. The highest BCUT2D eigenvalue weighted by molar-refractivity contribution is 5.64. The highest BCUT2D eigenvalue weighted by atomic mass is 16.5. The number of phenolic OH excluding ortho intramolecular Hbond substituents is 1.